The average molecular weight is 444 g/mol. The summed E-state index contributed by atoms with van der Waals surface area (Å²) in [5, 5.41) is 11.2. The lowest BCUT2D eigenvalue weighted by molar-refractivity contribution is 0.0939. The number of rotatable bonds is 8. The second-order valence-corrected chi connectivity index (χ2v) is 8.52. The van der Waals surface area contributed by atoms with Crippen LogP contribution in [0.2, 0.25) is 0 Å². The summed E-state index contributed by atoms with van der Waals surface area (Å²) >= 11 is 0. The van der Waals surface area contributed by atoms with Crippen LogP contribution in [0.15, 0.2) is 67.0 Å². The van der Waals surface area contributed by atoms with Crippen LogP contribution in [-0.2, 0) is 13.1 Å². The third-order valence-corrected chi connectivity index (χ3v) is 5.46. The Balaban J connectivity index is 1.51. The number of amides is 2. The molecule has 0 spiro atoms. The van der Waals surface area contributed by atoms with Gasteiger partial charge in [-0.25, -0.2) is 0 Å². The number of nitrogens with one attached hydrogen (secondary N) is 2. The number of nitrogens with zero attached hydrogens (tertiary/aromatic N) is 3. The van der Waals surface area contributed by atoms with Crippen molar-refractivity contribution in [3.63, 3.8) is 0 Å². The summed E-state index contributed by atoms with van der Waals surface area (Å²) < 4.78 is 3.73. The molecule has 7 heteroatoms. The van der Waals surface area contributed by atoms with E-state index in [4.69, 9.17) is 0 Å². The van der Waals surface area contributed by atoms with Gasteiger partial charge in [-0.2, -0.15) is 5.10 Å². The van der Waals surface area contributed by atoms with Crippen LogP contribution in [0.1, 0.15) is 47.2 Å². The predicted octanol–water partition coefficient (Wildman–Crippen LogP) is 4.54. The first kappa shape index (κ1) is 22.3. The molecular formula is C26H29N5O2. The third-order valence-electron chi connectivity index (χ3n) is 5.46. The maximum absolute atomic E-state index is 12.9. The van der Waals surface area contributed by atoms with Crippen LogP contribution in [0.4, 0.5) is 5.69 Å². The minimum atomic E-state index is -0.217. The zero-order chi connectivity index (χ0) is 23.4. The number of carbonyl (C=O) groups excluding carboxylic acids is 2. The van der Waals surface area contributed by atoms with Crippen molar-refractivity contribution in [3.05, 3.63) is 83.8 Å². The Bertz CT molecular complexity index is 1270. The number of aromatic nitrogens is 3. The number of aryl methyl sites for hydroxylation is 1. The smallest absolute Gasteiger partial charge is 0.267 e. The van der Waals surface area contributed by atoms with Crippen LogP contribution >= 0.6 is 0 Å². The molecule has 2 aromatic heterocycles. The molecule has 0 atom stereocenters. The number of hydrogen-bond acceptors (Lipinski definition) is 3. The Morgan fingerprint density at radius 1 is 1.03 bits per heavy atom. The van der Waals surface area contributed by atoms with E-state index in [9.17, 15) is 9.59 Å². The molecule has 170 valence electrons. The minimum absolute atomic E-state index is 0.0985. The number of fused-ring (bicyclic) bond motifs is 1. The lowest BCUT2D eigenvalue weighted by Gasteiger charge is -2.10. The predicted molar refractivity (Wildman–Crippen MR) is 131 cm³/mol. The second kappa shape index (κ2) is 9.73. The molecule has 0 saturated heterocycles. The van der Waals surface area contributed by atoms with Gasteiger partial charge >= 0.3 is 0 Å². The Labute approximate surface area is 193 Å². The Kier molecular flexibility index (Phi) is 6.58. The van der Waals surface area contributed by atoms with Gasteiger partial charge in [0.05, 0.1) is 18.4 Å². The number of anilines is 1. The Morgan fingerprint density at radius 2 is 1.82 bits per heavy atom. The van der Waals surface area contributed by atoms with Gasteiger partial charge in [0.25, 0.3) is 11.8 Å². The first-order valence-electron chi connectivity index (χ1n) is 11.2. The SMILES string of the molecule is CCn1c(C(=O)NCC(C)C)cc2ccc(C(=O)Nc3cnn(Cc4ccccc4)c3)cc21. The van der Waals surface area contributed by atoms with Gasteiger partial charge in [0.2, 0.25) is 0 Å². The Hall–Kier alpha value is -3.87. The van der Waals surface area contributed by atoms with E-state index in [0.29, 0.717) is 42.5 Å². The van der Waals surface area contributed by atoms with E-state index in [1.807, 2.05) is 66.2 Å². The van der Waals surface area contributed by atoms with E-state index in [-0.39, 0.29) is 11.8 Å². The van der Waals surface area contributed by atoms with Gasteiger partial charge in [0.15, 0.2) is 0 Å². The lowest BCUT2D eigenvalue weighted by Crippen LogP contribution is -2.29. The van der Waals surface area contributed by atoms with E-state index in [1.165, 1.54) is 0 Å². The van der Waals surface area contributed by atoms with Gasteiger partial charge in [-0.1, -0.05) is 50.2 Å². The van der Waals surface area contributed by atoms with Gasteiger partial charge < -0.3 is 15.2 Å². The Morgan fingerprint density at radius 3 is 2.55 bits per heavy atom. The summed E-state index contributed by atoms with van der Waals surface area (Å²) in [4.78, 5) is 25.6. The van der Waals surface area contributed by atoms with Crippen molar-refractivity contribution in [1.29, 1.82) is 0 Å². The molecule has 7 nitrogen and oxygen atoms in total. The molecule has 2 amide bonds. The zero-order valence-electron chi connectivity index (χ0n) is 19.2. The van der Waals surface area contributed by atoms with Crippen molar-refractivity contribution in [2.45, 2.75) is 33.9 Å². The highest BCUT2D eigenvalue weighted by molar-refractivity contribution is 6.07. The molecule has 33 heavy (non-hydrogen) atoms. The molecule has 0 bridgehead atoms. The van der Waals surface area contributed by atoms with Crippen LogP contribution in [0, 0.1) is 5.92 Å². The lowest BCUT2D eigenvalue weighted by atomic mass is 10.1. The molecule has 0 aliphatic heterocycles. The summed E-state index contributed by atoms with van der Waals surface area (Å²) in [6.45, 7) is 8.00. The van der Waals surface area contributed by atoms with E-state index >= 15 is 0 Å². The molecule has 2 N–H and O–H groups in total. The fraction of sp³-hybridized carbons (Fsp3) is 0.269. The molecule has 0 aliphatic rings. The fourth-order valence-electron chi connectivity index (χ4n) is 3.80. The molecule has 0 aliphatic carbocycles. The van der Waals surface area contributed by atoms with Crippen molar-refractivity contribution in [2.75, 3.05) is 11.9 Å². The largest absolute Gasteiger partial charge is 0.351 e. The van der Waals surface area contributed by atoms with Gasteiger partial charge in [0, 0.05) is 35.8 Å². The summed E-state index contributed by atoms with van der Waals surface area (Å²) in [7, 11) is 0. The first-order valence-corrected chi connectivity index (χ1v) is 11.2. The zero-order valence-corrected chi connectivity index (χ0v) is 19.2. The normalized spacial score (nSPS) is 11.2. The van der Waals surface area contributed by atoms with Crippen molar-refractivity contribution in [1.82, 2.24) is 19.7 Å². The van der Waals surface area contributed by atoms with Gasteiger partial charge in [-0.15, -0.1) is 0 Å². The molecule has 2 heterocycles. The van der Waals surface area contributed by atoms with Crippen LogP contribution in [0.3, 0.4) is 0 Å². The molecule has 0 unspecified atom stereocenters. The van der Waals surface area contributed by atoms with Crippen molar-refractivity contribution in [3.8, 4) is 0 Å². The quantitative estimate of drug-likeness (QED) is 0.419. The molecule has 0 fully saturated rings. The highest BCUT2D eigenvalue weighted by atomic mass is 16.2. The van der Waals surface area contributed by atoms with Crippen molar-refractivity contribution in [2.24, 2.45) is 5.92 Å². The molecule has 2 aromatic carbocycles. The molecular weight excluding hydrogens is 414 g/mol. The van der Waals surface area contributed by atoms with Gasteiger partial charge in [-0.05, 0) is 36.6 Å². The number of benzene rings is 2. The minimum Gasteiger partial charge on any atom is -0.351 e. The van der Waals surface area contributed by atoms with E-state index < -0.39 is 0 Å². The third kappa shape index (κ3) is 5.14. The average Bonchev–Trinajstić information content (AvgIpc) is 3.41. The topological polar surface area (TPSA) is 81.0 Å². The van der Waals surface area contributed by atoms with Crippen LogP contribution < -0.4 is 10.6 Å². The van der Waals surface area contributed by atoms with Crippen LogP contribution in [-0.4, -0.2) is 32.7 Å². The monoisotopic (exact) mass is 443 g/mol. The molecule has 4 rings (SSSR count). The van der Waals surface area contributed by atoms with E-state index in [0.717, 1.165) is 16.5 Å². The second-order valence-electron chi connectivity index (χ2n) is 8.52. The van der Waals surface area contributed by atoms with Gasteiger partial charge in [0.1, 0.15) is 5.69 Å². The van der Waals surface area contributed by atoms with E-state index in [2.05, 4.69) is 29.6 Å². The van der Waals surface area contributed by atoms with Crippen molar-refractivity contribution >= 4 is 28.4 Å². The van der Waals surface area contributed by atoms with Crippen molar-refractivity contribution < 1.29 is 9.59 Å². The van der Waals surface area contributed by atoms with E-state index in [1.54, 1.807) is 16.9 Å². The fourth-order valence-corrected chi connectivity index (χ4v) is 3.80. The standard InChI is InChI=1S/C26H29N5O2/c1-4-31-23-13-21(11-10-20(23)12-24(31)26(33)27-14-18(2)3)25(32)29-22-15-28-30(17-22)16-19-8-6-5-7-9-19/h5-13,15,17-18H,4,14,16H2,1-3H3,(H,27,33)(H,29,32). The summed E-state index contributed by atoms with van der Waals surface area (Å²) in [6, 6.07) is 17.4. The summed E-state index contributed by atoms with van der Waals surface area (Å²) in [6.07, 6.45) is 3.46. The van der Waals surface area contributed by atoms with Crippen LogP contribution in [0.25, 0.3) is 10.9 Å². The van der Waals surface area contributed by atoms with Crippen LogP contribution in [0.5, 0.6) is 0 Å². The summed E-state index contributed by atoms with van der Waals surface area (Å²) in [5.41, 5.74) is 3.76. The van der Waals surface area contributed by atoms with Gasteiger partial charge in [-0.3, -0.25) is 14.3 Å². The first-order chi connectivity index (χ1) is 15.9. The number of carbonyl (C=O) groups is 2. The molecule has 0 saturated carbocycles. The maximum atomic E-state index is 12.9. The number of hydrogen-bond donors (Lipinski definition) is 2. The molecule has 0 radical (unpaired) electrons. The summed E-state index contributed by atoms with van der Waals surface area (Å²) in [5.74, 6) is 0.0603. The highest BCUT2D eigenvalue weighted by Crippen LogP contribution is 2.22. The highest BCUT2D eigenvalue weighted by Gasteiger charge is 2.17. The molecule has 4 aromatic rings. The maximum Gasteiger partial charge on any atom is 0.267 e.